The van der Waals surface area contributed by atoms with Gasteiger partial charge in [0.1, 0.15) is 0 Å². The highest BCUT2D eigenvalue weighted by atomic mass is 35.5. The third-order valence-corrected chi connectivity index (χ3v) is 10.1. The highest BCUT2D eigenvalue weighted by molar-refractivity contribution is 6.17. The van der Waals surface area contributed by atoms with Gasteiger partial charge in [-0.1, -0.05) is 26.5 Å². The zero-order chi connectivity index (χ0) is 34.5. The minimum Gasteiger partial charge on any atom is -0.378 e. The number of aryl methyl sites for hydroxylation is 3. The molecule has 0 unspecified atom stereocenters. The lowest BCUT2D eigenvalue weighted by atomic mass is 9.85. The molecule has 5 heterocycles. The van der Waals surface area contributed by atoms with E-state index >= 15 is 0 Å². The lowest BCUT2D eigenvalue weighted by Gasteiger charge is -2.21. The molecular weight excluding hydrogens is 622 g/mol. The summed E-state index contributed by atoms with van der Waals surface area (Å²) in [5.74, 6) is 0.753. The van der Waals surface area contributed by atoms with Crippen LogP contribution in [-0.4, -0.2) is 76.6 Å². The first-order valence-corrected chi connectivity index (χ1v) is 17.6. The van der Waals surface area contributed by atoms with Gasteiger partial charge in [-0.05, 0) is 92.6 Å². The quantitative estimate of drug-likeness (QED) is 0.141. The van der Waals surface area contributed by atoms with E-state index < -0.39 is 0 Å². The molecule has 3 aromatic heterocycles. The molecule has 256 valence electrons. The van der Waals surface area contributed by atoms with Crippen LogP contribution in [0.15, 0.2) is 24.8 Å². The van der Waals surface area contributed by atoms with Gasteiger partial charge in [-0.3, -0.25) is 9.78 Å². The Kier molecular flexibility index (Phi) is 11.6. The van der Waals surface area contributed by atoms with Crippen molar-refractivity contribution in [3.8, 4) is 0 Å². The fraction of sp³-hybridized carbons (Fsp3) is 0.462. The monoisotopic (exact) mass is 671 g/mol. The predicted molar refractivity (Wildman–Crippen MR) is 199 cm³/mol. The Balaban J connectivity index is 1.54. The molecule has 0 saturated heterocycles. The maximum absolute atomic E-state index is 13.3. The average Bonchev–Trinajstić information content (AvgIpc) is 3.77. The minimum absolute atomic E-state index is 0.0733. The number of H-pyrrole nitrogens is 2. The second-order valence-corrected chi connectivity index (χ2v) is 13.3. The second-order valence-electron chi connectivity index (χ2n) is 13.0. The van der Waals surface area contributed by atoms with Gasteiger partial charge in [-0.25, -0.2) is 4.98 Å². The summed E-state index contributed by atoms with van der Waals surface area (Å²) in [6.45, 7) is 19.6. The van der Waals surface area contributed by atoms with Crippen LogP contribution in [0.1, 0.15) is 96.0 Å². The van der Waals surface area contributed by atoms with Gasteiger partial charge >= 0.3 is 0 Å². The van der Waals surface area contributed by atoms with Gasteiger partial charge in [-0.2, -0.15) is 0 Å². The van der Waals surface area contributed by atoms with E-state index in [0.29, 0.717) is 51.7 Å². The number of likely N-dealkylation sites (N-methyl/N-ethyl adjacent to an activating group) is 1. The number of carbonyl (C=O) groups is 1. The van der Waals surface area contributed by atoms with Gasteiger partial charge in [0.25, 0.3) is 0 Å². The Labute approximate surface area is 289 Å². The SMILES string of the molecule is C=Cc1c(C)c2cc3nc(c(C)c4nc(cc5[nH]c(cc1[nH]2)c(C)c5CC)C(C)=C4)[C@@H](CCC(=O)N(C)CCOCCOCCCl)[C@@H]3C. The molecule has 2 aliphatic heterocycles. The van der Waals surface area contributed by atoms with E-state index in [1.807, 2.05) is 13.1 Å². The first-order chi connectivity index (χ1) is 23.1. The largest absolute Gasteiger partial charge is 0.378 e. The van der Waals surface area contributed by atoms with Crippen molar-refractivity contribution in [1.82, 2.24) is 24.8 Å². The summed E-state index contributed by atoms with van der Waals surface area (Å²) >= 11 is 5.64. The average molecular weight is 672 g/mol. The molecule has 8 bridgehead atoms. The molecule has 1 amide bonds. The molecule has 2 aliphatic rings. The first-order valence-electron chi connectivity index (χ1n) is 17.1. The number of hydrogen-bond acceptors (Lipinski definition) is 5. The van der Waals surface area contributed by atoms with Gasteiger partial charge in [-0.15, -0.1) is 11.6 Å². The van der Waals surface area contributed by atoms with Crippen molar-refractivity contribution in [2.75, 3.05) is 45.9 Å². The molecule has 0 aromatic carbocycles. The molecule has 5 rings (SSSR count). The van der Waals surface area contributed by atoms with Gasteiger partial charge < -0.3 is 24.3 Å². The summed E-state index contributed by atoms with van der Waals surface area (Å²) in [6.07, 6.45) is 6.11. The van der Waals surface area contributed by atoms with E-state index in [9.17, 15) is 4.79 Å². The Morgan fingerprint density at radius 3 is 2.38 bits per heavy atom. The van der Waals surface area contributed by atoms with Crippen molar-refractivity contribution in [2.24, 2.45) is 0 Å². The molecule has 3 aromatic rings. The Morgan fingerprint density at radius 2 is 1.67 bits per heavy atom. The Morgan fingerprint density at radius 1 is 0.958 bits per heavy atom. The fourth-order valence-electron chi connectivity index (χ4n) is 6.86. The van der Waals surface area contributed by atoms with Crippen LogP contribution in [-0.2, 0) is 20.7 Å². The topological polar surface area (TPSA) is 96.1 Å². The standard InChI is InChI=1S/C39H50ClN5O3/c1-9-28-25(5)34-22-37-29(10-2)24(4)33(42-37)21-35-26(6)30(11-12-38(46)45(8)14-16-48-18-17-47-15-13-40)39(44-35)27(7)32-19-23(3)31(41-32)20-36(28)43-34/h10,19-22,26,30,42-43H,2,9,11-18H2,1,3-8H3/t26-,30-/m0/s1. The Bertz CT molecular complexity index is 1870. The highest BCUT2D eigenvalue weighted by Crippen LogP contribution is 2.42. The number of ether oxygens (including phenoxy) is 2. The molecule has 0 spiro atoms. The second kappa shape index (κ2) is 15.7. The molecule has 0 aliphatic carbocycles. The predicted octanol–water partition coefficient (Wildman–Crippen LogP) is 8.40. The van der Waals surface area contributed by atoms with E-state index in [4.69, 9.17) is 31.0 Å². The third kappa shape index (κ3) is 7.46. The molecule has 2 N–H and O–H groups in total. The van der Waals surface area contributed by atoms with Crippen molar-refractivity contribution in [1.29, 1.82) is 0 Å². The maximum Gasteiger partial charge on any atom is 0.222 e. The van der Waals surface area contributed by atoms with Gasteiger partial charge in [0, 0.05) is 76.7 Å². The minimum atomic E-state index is 0.0733. The van der Waals surface area contributed by atoms with Crippen molar-refractivity contribution in [3.63, 3.8) is 0 Å². The number of aromatic amines is 2. The van der Waals surface area contributed by atoms with Crippen LogP contribution in [0, 0.1) is 20.8 Å². The number of rotatable bonds is 13. The molecule has 0 saturated carbocycles. The van der Waals surface area contributed by atoms with E-state index in [1.54, 1.807) is 4.90 Å². The molecular formula is C39H50ClN5O3. The summed E-state index contributed by atoms with van der Waals surface area (Å²) in [7, 11) is 1.84. The van der Waals surface area contributed by atoms with Crippen LogP contribution >= 0.6 is 11.6 Å². The van der Waals surface area contributed by atoms with Crippen LogP contribution in [0.3, 0.4) is 0 Å². The van der Waals surface area contributed by atoms with Gasteiger partial charge in [0.15, 0.2) is 0 Å². The maximum atomic E-state index is 13.3. The highest BCUT2D eigenvalue weighted by Gasteiger charge is 2.31. The summed E-state index contributed by atoms with van der Waals surface area (Å²) in [6, 6.07) is 6.55. The van der Waals surface area contributed by atoms with E-state index in [-0.39, 0.29) is 17.7 Å². The van der Waals surface area contributed by atoms with E-state index in [0.717, 1.165) is 73.5 Å². The van der Waals surface area contributed by atoms with E-state index in [2.05, 4.69) is 82.4 Å². The molecule has 9 heteroatoms. The number of aromatic nitrogens is 4. The number of alkyl halides is 1. The zero-order valence-corrected chi connectivity index (χ0v) is 30.3. The lowest BCUT2D eigenvalue weighted by Crippen LogP contribution is -2.30. The van der Waals surface area contributed by atoms with Crippen LogP contribution in [0.25, 0.3) is 39.8 Å². The molecule has 0 fully saturated rings. The number of allylic oxidation sites excluding steroid dienone is 1. The summed E-state index contributed by atoms with van der Waals surface area (Å²) in [5, 5.41) is 0. The van der Waals surface area contributed by atoms with E-state index in [1.165, 1.54) is 11.1 Å². The summed E-state index contributed by atoms with van der Waals surface area (Å²) in [4.78, 5) is 32.8. The number of amides is 1. The normalized spacial score (nSPS) is 15.9. The molecule has 0 radical (unpaired) electrons. The fourth-order valence-corrected chi connectivity index (χ4v) is 6.96. The van der Waals surface area contributed by atoms with Crippen LogP contribution < -0.4 is 0 Å². The number of carbonyl (C=O) groups excluding carboxylic acids is 1. The number of hydrogen-bond donors (Lipinski definition) is 2. The van der Waals surface area contributed by atoms with Gasteiger partial charge in [0.05, 0.1) is 37.8 Å². The van der Waals surface area contributed by atoms with Gasteiger partial charge in [0.2, 0.25) is 5.91 Å². The van der Waals surface area contributed by atoms with Crippen LogP contribution in [0.5, 0.6) is 0 Å². The van der Waals surface area contributed by atoms with Crippen molar-refractivity contribution < 1.29 is 14.3 Å². The Hall–Kier alpha value is -3.72. The smallest absolute Gasteiger partial charge is 0.222 e. The van der Waals surface area contributed by atoms with Crippen molar-refractivity contribution in [3.05, 3.63) is 75.4 Å². The summed E-state index contributed by atoms with van der Waals surface area (Å²) in [5.41, 5.74) is 15.0. The molecule has 2 atom stereocenters. The number of fused-ring (bicyclic) bond motifs is 8. The first kappa shape index (κ1) is 35.6. The molecule has 48 heavy (non-hydrogen) atoms. The van der Waals surface area contributed by atoms with Crippen LogP contribution in [0.2, 0.25) is 0 Å². The van der Waals surface area contributed by atoms with Crippen molar-refractivity contribution >= 4 is 57.3 Å². The summed E-state index contributed by atoms with van der Waals surface area (Å²) < 4.78 is 11.0. The third-order valence-electron chi connectivity index (χ3n) is 9.94. The van der Waals surface area contributed by atoms with Crippen LogP contribution in [0.4, 0.5) is 0 Å². The zero-order valence-electron chi connectivity index (χ0n) is 29.6. The molecule has 8 nitrogen and oxygen atoms in total. The number of halogens is 1. The van der Waals surface area contributed by atoms with Crippen molar-refractivity contribution in [2.45, 2.75) is 72.6 Å². The lowest BCUT2D eigenvalue weighted by molar-refractivity contribution is -0.130. The number of nitrogens with zero attached hydrogens (tertiary/aromatic N) is 3. The number of nitrogens with one attached hydrogen (secondary N) is 2.